The lowest BCUT2D eigenvalue weighted by molar-refractivity contribution is -0.122. The van der Waals surface area contributed by atoms with Crippen molar-refractivity contribution in [2.24, 2.45) is 5.92 Å². The summed E-state index contributed by atoms with van der Waals surface area (Å²) >= 11 is 0. The van der Waals surface area contributed by atoms with Crippen molar-refractivity contribution in [3.63, 3.8) is 0 Å². The van der Waals surface area contributed by atoms with Crippen LogP contribution in [0.5, 0.6) is 0 Å². The van der Waals surface area contributed by atoms with Crippen LogP contribution in [0.1, 0.15) is 43.3 Å². The molecule has 0 saturated heterocycles. The molecule has 0 aliphatic carbocycles. The number of carbonyl (C=O) groups excluding carboxylic acids is 1. The average molecular weight is 363 g/mol. The van der Waals surface area contributed by atoms with Crippen molar-refractivity contribution in [3.05, 3.63) is 71.6 Å². The molecule has 0 bridgehead atoms. The number of nitrogens with one attached hydrogen (secondary N) is 1. The summed E-state index contributed by atoms with van der Waals surface area (Å²) in [5.41, 5.74) is 3.18. The second kappa shape index (κ2) is 8.62. The van der Waals surface area contributed by atoms with Gasteiger partial charge in [-0.05, 0) is 30.9 Å². The number of carbonyl (C=O) groups is 1. The van der Waals surface area contributed by atoms with E-state index >= 15 is 0 Å². The third-order valence-electron chi connectivity index (χ3n) is 4.45. The van der Waals surface area contributed by atoms with E-state index in [9.17, 15) is 4.79 Å². The van der Waals surface area contributed by atoms with Gasteiger partial charge in [0.15, 0.2) is 0 Å². The molecule has 1 amide bonds. The fraction of sp³-hybridized carbons (Fsp3) is 0.318. The minimum absolute atomic E-state index is 0.0205. The van der Waals surface area contributed by atoms with Gasteiger partial charge in [0.1, 0.15) is 6.04 Å². The van der Waals surface area contributed by atoms with E-state index in [1.165, 1.54) is 0 Å². The van der Waals surface area contributed by atoms with Crippen LogP contribution in [0.25, 0.3) is 11.4 Å². The first-order chi connectivity index (χ1) is 13.0. The summed E-state index contributed by atoms with van der Waals surface area (Å²) in [6, 6.07) is 17.6. The zero-order valence-electron chi connectivity index (χ0n) is 16.0. The Kier molecular flexibility index (Phi) is 6.01. The lowest BCUT2D eigenvalue weighted by Crippen LogP contribution is -2.32. The Balaban J connectivity index is 1.68. The van der Waals surface area contributed by atoms with Crippen LogP contribution < -0.4 is 5.32 Å². The Labute approximate surface area is 159 Å². The van der Waals surface area contributed by atoms with Crippen molar-refractivity contribution >= 4 is 5.91 Å². The van der Waals surface area contributed by atoms with Crippen molar-refractivity contribution < 1.29 is 9.32 Å². The normalized spacial score (nSPS) is 12.1. The van der Waals surface area contributed by atoms with Gasteiger partial charge in [0.2, 0.25) is 17.6 Å². The first kappa shape index (κ1) is 18.8. The van der Waals surface area contributed by atoms with Crippen molar-refractivity contribution in [2.75, 3.05) is 0 Å². The summed E-state index contributed by atoms with van der Waals surface area (Å²) in [6.07, 6.45) is 1.13. The maximum absolute atomic E-state index is 12.4. The molecular formula is C22H25N3O2. The van der Waals surface area contributed by atoms with Gasteiger partial charge in [-0.3, -0.25) is 4.79 Å². The lowest BCUT2D eigenvalue weighted by atomic mass is 10.0. The Morgan fingerprint density at radius 1 is 1.11 bits per heavy atom. The first-order valence-corrected chi connectivity index (χ1v) is 9.27. The second-order valence-electron chi connectivity index (χ2n) is 7.10. The zero-order valence-corrected chi connectivity index (χ0v) is 16.0. The van der Waals surface area contributed by atoms with Crippen LogP contribution in [0.2, 0.25) is 0 Å². The minimum Gasteiger partial charge on any atom is -0.344 e. The van der Waals surface area contributed by atoms with E-state index in [1.807, 2.05) is 75.4 Å². The van der Waals surface area contributed by atoms with Gasteiger partial charge in [-0.1, -0.05) is 73.1 Å². The van der Waals surface area contributed by atoms with Gasteiger partial charge in [-0.25, -0.2) is 0 Å². The van der Waals surface area contributed by atoms with Crippen molar-refractivity contribution in [3.8, 4) is 11.4 Å². The lowest BCUT2D eigenvalue weighted by Gasteiger charge is -2.18. The summed E-state index contributed by atoms with van der Waals surface area (Å²) in [5, 5.41) is 7.14. The van der Waals surface area contributed by atoms with Gasteiger partial charge >= 0.3 is 0 Å². The van der Waals surface area contributed by atoms with Crippen LogP contribution in [-0.2, 0) is 11.2 Å². The summed E-state index contributed by atoms with van der Waals surface area (Å²) in [7, 11) is 0. The first-order valence-electron chi connectivity index (χ1n) is 9.27. The highest BCUT2D eigenvalue weighted by Crippen LogP contribution is 2.24. The Morgan fingerprint density at radius 3 is 2.59 bits per heavy atom. The summed E-state index contributed by atoms with van der Waals surface area (Å²) in [4.78, 5) is 16.9. The van der Waals surface area contributed by atoms with Crippen LogP contribution in [0.3, 0.4) is 0 Å². The van der Waals surface area contributed by atoms with E-state index in [2.05, 4.69) is 15.5 Å². The van der Waals surface area contributed by atoms with Gasteiger partial charge in [-0.2, -0.15) is 4.98 Å². The molecule has 140 valence electrons. The molecule has 0 spiro atoms. The zero-order chi connectivity index (χ0) is 19.2. The highest BCUT2D eigenvalue weighted by atomic mass is 16.5. The summed E-state index contributed by atoms with van der Waals surface area (Å²) in [6.45, 7) is 6.08. The molecule has 1 heterocycles. The molecule has 1 aromatic heterocycles. The smallest absolute Gasteiger partial charge is 0.249 e. The van der Waals surface area contributed by atoms with Crippen molar-refractivity contribution in [1.82, 2.24) is 15.5 Å². The largest absolute Gasteiger partial charge is 0.344 e. The predicted molar refractivity (Wildman–Crippen MR) is 105 cm³/mol. The fourth-order valence-electron chi connectivity index (χ4n) is 2.92. The van der Waals surface area contributed by atoms with E-state index in [1.54, 1.807) is 0 Å². The van der Waals surface area contributed by atoms with Gasteiger partial charge in [-0.15, -0.1) is 0 Å². The number of aryl methyl sites for hydroxylation is 2. The molecule has 3 aromatic rings. The standard InChI is InChI=1S/C22H25N3O2/c1-15(2)20(23-19(26)13-12-17-9-5-4-6-10-17)22-24-21(25-27-22)18-11-7-8-16(3)14-18/h4-11,14-15,20H,12-13H2,1-3H3,(H,23,26). The van der Waals surface area contributed by atoms with Crippen molar-refractivity contribution in [2.45, 2.75) is 39.7 Å². The van der Waals surface area contributed by atoms with Crippen LogP contribution >= 0.6 is 0 Å². The summed E-state index contributed by atoms with van der Waals surface area (Å²) in [5.74, 6) is 1.09. The molecule has 0 radical (unpaired) electrons. The monoisotopic (exact) mass is 363 g/mol. The molecule has 0 aliphatic heterocycles. The number of amides is 1. The molecule has 0 saturated carbocycles. The summed E-state index contributed by atoms with van der Waals surface area (Å²) < 4.78 is 5.47. The quantitative estimate of drug-likeness (QED) is 0.671. The molecule has 1 unspecified atom stereocenters. The third kappa shape index (κ3) is 5.03. The van der Waals surface area contributed by atoms with Crippen LogP contribution in [0.15, 0.2) is 59.1 Å². The van der Waals surface area contributed by atoms with Crippen LogP contribution in [0, 0.1) is 12.8 Å². The predicted octanol–water partition coefficient (Wildman–Crippen LogP) is 4.49. The van der Waals surface area contributed by atoms with Gasteiger partial charge < -0.3 is 9.84 Å². The van der Waals surface area contributed by atoms with Gasteiger partial charge in [0.25, 0.3) is 0 Å². The van der Waals surface area contributed by atoms with Crippen LogP contribution in [0.4, 0.5) is 0 Å². The molecule has 1 N–H and O–H groups in total. The SMILES string of the molecule is Cc1cccc(-c2noc(C(NC(=O)CCc3ccccc3)C(C)C)n2)c1. The van der Waals surface area contributed by atoms with E-state index in [4.69, 9.17) is 4.52 Å². The second-order valence-corrected chi connectivity index (χ2v) is 7.10. The van der Waals surface area contributed by atoms with Gasteiger partial charge in [0.05, 0.1) is 0 Å². The number of aromatic nitrogens is 2. The Morgan fingerprint density at radius 2 is 1.89 bits per heavy atom. The fourth-order valence-corrected chi connectivity index (χ4v) is 2.92. The van der Waals surface area contributed by atoms with Gasteiger partial charge in [0, 0.05) is 12.0 Å². The molecular weight excluding hydrogens is 338 g/mol. The minimum atomic E-state index is -0.306. The third-order valence-corrected chi connectivity index (χ3v) is 4.45. The number of hydrogen-bond donors (Lipinski definition) is 1. The van der Waals surface area contributed by atoms with E-state index in [0.29, 0.717) is 24.6 Å². The number of nitrogens with zero attached hydrogens (tertiary/aromatic N) is 2. The molecule has 0 fully saturated rings. The Hall–Kier alpha value is -2.95. The van der Waals surface area contributed by atoms with E-state index in [-0.39, 0.29) is 17.9 Å². The number of rotatable bonds is 7. The van der Waals surface area contributed by atoms with E-state index in [0.717, 1.165) is 16.7 Å². The Bertz CT molecular complexity index is 887. The topological polar surface area (TPSA) is 68.0 Å². The average Bonchev–Trinajstić information content (AvgIpc) is 3.15. The molecule has 5 heteroatoms. The molecule has 1 atom stereocenters. The van der Waals surface area contributed by atoms with Crippen molar-refractivity contribution in [1.29, 1.82) is 0 Å². The maximum atomic E-state index is 12.4. The molecule has 2 aromatic carbocycles. The molecule has 27 heavy (non-hydrogen) atoms. The molecule has 0 aliphatic rings. The highest BCUT2D eigenvalue weighted by molar-refractivity contribution is 5.76. The van der Waals surface area contributed by atoms with Crippen LogP contribution in [-0.4, -0.2) is 16.0 Å². The number of hydrogen-bond acceptors (Lipinski definition) is 4. The maximum Gasteiger partial charge on any atom is 0.249 e. The highest BCUT2D eigenvalue weighted by Gasteiger charge is 2.24. The number of benzene rings is 2. The molecule has 5 nitrogen and oxygen atoms in total. The van der Waals surface area contributed by atoms with E-state index < -0.39 is 0 Å². The molecule has 3 rings (SSSR count).